The van der Waals surface area contributed by atoms with E-state index in [0.29, 0.717) is 5.56 Å². The summed E-state index contributed by atoms with van der Waals surface area (Å²) in [7, 11) is 0. The number of thiophene rings is 1. The van der Waals surface area contributed by atoms with E-state index in [-0.39, 0.29) is 5.91 Å². The number of amides is 1. The molecule has 36 heavy (non-hydrogen) atoms. The molecule has 5 nitrogen and oxygen atoms in total. The van der Waals surface area contributed by atoms with Crippen molar-refractivity contribution < 1.29 is 4.79 Å². The lowest BCUT2D eigenvalue weighted by Gasteiger charge is -2.14. The highest BCUT2D eigenvalue weighted by atomic mass is 32.1. The Kier molecular flexibility index (Phi) is 6.58. The van der Waals surface area contributed by atoms with Crippen molar-refractivity contribution in [2.75, 3.05) is 5.32 Å². The molecule has 0 aliphatic heterocycles. The number of hydrogen-bond donors (Lipinski definition) is 1. The van der Waals surface area contributed by atoms with Crippen LogP contribution in [0.15, 0.2) is 59.6 Å². The van der Waals surface area contributed by atoms with Gasteiger partial charge < -0.3 is 9.88 Å². The standard InChI is InChI=1S/C30H28N4OS/c1-19-8-12-25(13-9-19)33-29(35)28-26-6-4-5-7-27(26)36-30(28)34-20(2)16-23(21(34)3)18-32-24-14-10-22(17-31)11-15-24/h8-16,18H,4-7H2,1-3H3,(H,33,35). The van der Waals surface area contributed by atoms with Crippen LogP contribution in [0.5, 0.6) is 0 Å². The Balaban J connectivity index is 1.53. The van der Waals surface area contributed by atoms with Crippen LogP contribution in [-0.2, 0) is 12.8 Å². The van der Waals surface area contributed by atoms with Crippen molar-refractivity contribution >= 4 is 34.8 Å². The van der Waals surface area contributed by atoms with Gasteiger partial charge in [-0.1, -0.05) is 17.7 Å². The van der Waals surface area contributed by atoms with E-state index < -0.39 is 0 Å². The molecule has 0 fully saturated rings. The Labute approximate surface area is 215 Å². The number of nitrogens with one attached hydrogen (secondary N) is 1. The predicted octanol–water partition coefficient (Wildman–Crippen LogP) is 7.22. The number of rotatable bonds is 5. The van der Waals surface area contributed by atoms with Crippen LogP contribution in [0.1, 0.15) is 61.7 Å². The Morgan fingerprint density at radius 3 is 2.50 bits per heavy atom. The summed E-state index contributed by atoms with van der Waals surface area (Å²) in [6, 6.07) is 19.4. The van der Waals surface area contributed by atoms with E-state index in [9.17, 15) is 4.79 Å². The number of benzene rings is 2. The molecule has 0 saturated carbocycles. The number of hydrogen-bond acceptors (Lipinski definition) is 4. The zero-order chi connectivity index (χ0) is 25.2. The predicted molar refractivity (Wildman–Crippen MR) is 147 cm³/mol. The average molecular weight is 493 g/mol. The van der Waals surface area contributed by atoms with Crippen LogP contribution in [0.4, 0.5) is 11.4 Å². The summed E-state index contributed by atoms with van der Waals surface area (Å²) in [5, 5.41) is 13.1. The molecule has 1 amide bonds. The van der Waals surface area contributed by atoms with Crippen LogP contribution in [0.3, 0.4) is 0 Å². The minimum absolute atomic E-state index is 0.0476. The number of aromatic nitrogens is 1. The van der Waals surface area contributed by atoms with Crippen molar-refractivity contribution in [2.45, 2.75) is 46.5 Å². The van der Waals surface area contributed by atoms with Crippen molar-refractivity contribution in [1.82, 2.24) is 4.57 Å². The summed E-state index contributed by atoms with van der Waals surface area (Å²) >= 11 is 1.74. The number of nitrogens with zero attached hydrogens (tertiary/aromatic N) is 3. The summed E-state index contributed by atoms with van der Waals surface area (Å²) in [5.74, 6) is -0.0476. The maximum Gasteiger partial charge on any atom is 0.258 e. The van der Waals surface area contributed by atoms with Gasteiger partial charge in [-0.2, -0.15) is 5.26 Å². The molecule has 1 aliphatic rings. The molecule has 0 unspecified atom stereocenters. The van der Waals surface area contributed by atoms with Gasteiger partial charge in [-0.15, -0.1) is 11.3 Å². The van der Waals surface area contributed by atoms with Gasteiger partial charge in [0.1, 0.15) is 5.00 Å². The van der Waals surface area contributed by atoms with Crippen LogP contribution >= 0.6 is 11.3 Å². The SMILES string of the molecule is Cc1ccc(NC(=O)c2c(-n3c(C)cc(C=Nc4ccc(C#N)cc4)c3C)sc3c2CCCC3)cc1. The molecule has 0 spiro atoms. The van der Waals surface area contributed by atoms with Gasteiger partial charge in [0.2, 0.25) is 0 Å². The van der Waals surface area contributed by atoms with E-state index in [1.54, 1.807) is 23.5 Å². The number of anilines is 1. The highest BCUT2D eigenvalue weighted by Crippen LogP contribution is 2.39. The Morgan fingerprint density at radius 1 is 1.06 bits per heavy atom. The van der Waals surface area contributed by atoms with Crippen molar-refractivity contribution in [1.29, 1.82) is 5.26 Å². The lowest BCUT2D eigenvalue weighted by Crippen LogP contribution is -2.17. The lowest BCUT2D eigenvalue weighted by molar-refractivity contribution is 0.102. The van der Waals surface area contributed by atoms with E-state index in [0.717, 1.165) is 70.1 Å². The largest absolute Gasteiger partial charge is 0.322 e. The summed E-state index contributed by atoms with van der Waals surface area (Å²) in [4.78, 5) is 19.6. The molecule has 1 aliphatic carbocycles. The third-order valence-electron chi connectivity index (χ3n) is 6.71. The molecular weight excluding hydrogens is 464 g/mol. The van der Waals surface area contributed by atoms with Crippen LogP contribution in [0.2, 0.25) is 0 Å². The first-order chi connectivity index (χ1) is 17.4. The summed E-state index contributed by atoms with van der Waals surface area (Å²) in [6.07, 6.45) is 6.10. The molecule has 180 valence electrons. The first-order valence-corrected chi connectivity index (χ1v) is 13.0. The summed E-state index contributed by atoms with van der Waals surface area (Å²) < 4.78 is 2.20. The zero-order valence-corrected chi connectivity index (χ0v) is 21.6. The molecule has 5 rings (SSSR count). The fourth-order valence-electron chi connectivity index (χ4n) is 4.77. The first kappa shape index (κ1) is 23.8. The second-order valence-electron chi connectivity index (χ2n) is 9.29. The Bertz CT molecular complexity index is 1500. The molecule has 6 heteroatoms. The van der Waals surface area contributed by atoms with Crippen LogP contribution in [0, 0.1) is 32.1 Å². The molecular formula is C30H28N4OS. The maximum absolute atomic E-state index is 13.7. The topological polar surface area (TPSA) is 70.2 Å². The fourth-order valence-corrected chi connectivity index (χ4v) is 6.27. The van der Waals surface area contributed by atoms with E-state index >= 15 is 0 Å². The second kappa shape index (κ2) is 9.96. The minimum Gasteiger partial charge on any atom is -0.322 e. The van der Waals surface area contributed by atoms with Crippen LogP contribution in [-0.4, -0.2) is 16.7 Å². The number of carbonyl (C=O) groups is 1. The monoisotopic (exact) mass is 492 g/mol. The smallest absolute Gasteiger partial charge is 0.258 e. The quantitative estimate of drug-likeness (QED) is 0.299. The third-order valence-corrected chi connectivity index (χ3v) is 7.99. The molecule has 2 heterocycles. The molecule has 0 saturated heterocycles. The van der Waals surface area contributed by atoms with Gasteiger partial charge in [-0.25, -0.2) is 0 Å². The molecule has 0 radical (unpaired) electrons. The molecule has 2 aromatic carbocycles. The van der Waals surface area contributed by atoms with Gasteiger partial charge in [0.05, 0.1) is 22.9 Å². The average Bonchev–Trinajstić information content (AvgIpc) is 3.40. The summed E-state index contributed by atoms with van der Waals surface area (Å²) in [6.45, 7) is 6.19. The van der Waals surface area contributed by atoms with Crippen molar-refractivity contribution in [3.05, 3.63) is 98.7 Å². The Morgan fingerprint density at radius 2 is 1.78 bits per heavy atom. The third kappa shape index (κ3) is 4.62. The molecule has 1 N–H and O–H groups in total. The van der Waals surface area contributed by atoms with E-state index in [1.807, 2.05) is 49.5 Å². The normalized spacial score (nSPS) is 12.9. The van der Waals surface area contributed by atoms with Crippen LogP contribution < -0.4 is 5.32 Å². The molecule has 0 atom stereocenters. The number of carbonyl (C=O) groups excluding carboxylic acids is 1. The van der Waals surface area contributed by atoms with Gasteiger partial charge in [0, 0.05) is 33.7 Å². The van der Waals surface area contributed by atoms with E-state index in [1.165, 1.54) is 10.4 Å². The van der Waals surface area contributed by atoms with Crippen molar-refractivity contribution in [3.63, 3.8) is 0 Å². The van der Waals surface area contributed by atoms with Crippen LogP contribution in [0.25, 0.3) is 5.00 Å². The highest BCUT2D eigenvalue weighted by Gasteiger charge is 2.28. The zero-order valence-electron chi connectivity index (χ0n) is 20.8. The van der Waals surface area contributed by atoms with Crippen molar-refractivity contribution in [3.8, 4) is 11.1 Å². The summed E-state index contributed by atoms with van der Waals surface area (Å²) in [5.41, 5.74) is 8.50. The lowest BCUT2D eigenvalue weighted by atomic mass is 9.95. The number of fused-ring (bicyclic) bond motifs is 1. The second-order valence-corrected chi connectivity index (χ2v) is 10.4. The molecule has 0 bridgehead atoms. The van der Waals surface area contributed by atoms with Gasteiger partial charge in [-0.05, 0) is 94.5 Å². The van der Waals surface area contributed by atoms with E-state index in [2.05, 4.69) is 40.9 Å². The van der Waals surface area contributed by atoms with Gasteiger partial charge >= 0.3 is 0 Å². The van der Waals surface area contributed by atoms with Crippen molar-refractivity contribution in [2.24, 2.45) is 4.99 Å². The molecule has 2 aromatic heterocycles. The number of aliphatic imine (C=N–C) groups is 1. The maximum atomic E-state index is 13.7. The number of nitriles is 1. The van der Waals surface area contributed by atoms with E-state index in [4.69, 9.17) is 5.26 Å². The molecule has 4 aromatic rings. The van der Waals surface area contributed by atoms with Gasteiger partial charge in [0.15, 0.2) is 0 Å². The highest BCUT2D eigenvalue weighted by molar-refractivity contribution is 7.15. The van der Waals surface area contributed by atoms with Gasteiger partial charge in [0.25, 0.3) is 5.91 Å². The van der Waals surface area contributed by atoms with Gasteiger partial charge in [-0.3, -0.25) is 9.79 Å². The first-order valence-electron chi connectivity index (χ1n) is 12.2. The Hall–Kier alpha value is -3.95. The number of aryl methyl sites for hydroxylation is 3. The minimum atomic E-state index is -0.0476. The fraction of sp³-hybridized carbons (Fsp3) is 0.233.